The van der Waals surface area contributed by atoms with Crippen molar-refractivity contribution in [1.29, 1.82) is 0 Å². The molecule has 1 aliphatic rings. The molecule has 166 valence electrons. The van der Waals surface area contributed by atoms with Crippen molar-refractivity contribution in [3.63, 3.8) is 0 Å². The zero-order chi connectivity index (χ0) is 22.8. The van der Waals surface area contributed by atoms with E-state index in [4.69, 9.17) is 16.3 Å². The van der Waals surface area contributed by atoms with Gasteiger partial charge in [0.05, 0.1) is 5.69 Å². The van der Waals surface area contributed by atoms with Gasteiger partial charge in [-0.25, -0.2) is 0 Å². The van der Waals surface area contributed by atoms with Crippen LogP contribution in [0.15, 0.2) is 47.6 Å². The van der Waals surface area contributed by atoms with Crippen LogP contribution >= 0.6 is 23.4 Å². The molecular formula is C24H25ClN4O2S. The van der Waals surface area contributed by atoms with E-state index in [0.29, 0.717) is 45.3 Å². The highest BCUT2D eigenvalue weighted by Crippen LogP contribution is 2.45. The second-order valence-corrected chi connectivity index (χ2v) is 9.48. The van der Waals surface area contributed by atoms with Crippen molar-refractivity contribution >= 4 is 35.0 Å². The Balaban J connectivity index is 1.93. The van der Waals surface area contributed by atoms with Crippen molar-refractivity contribution in [3.8, 4) is 17.1 Å². The van der Waals surface area contributed by atoms with Crippen LogP contribution < -0.4 is 9.64 Å². The zero-order valence-electron chi connectivity index (χ0n) is 18.5. The number of aryl methyl sites for hydroxylation is 1. The number of ether oxygens (including phenoxy) is 1. The van der Waals surface area contributed by atoms with Crippen LogP contribution in [0.4, 0.5) is 5.69 Å². The second kappa shape index (κ2) is 9.46. The number of amides is 1. The maximum Gasteiger partial charge on any atom is 0.247 e. The molecule has 1 atom stereocenters. The Hall–Kier alpha value is -2.64. The van der Waals surface area contributed by atoms with Gasteiger partial charge in [-0.05, 0) is 31.0 Å². The molecule has 1 aliphatic heterocycles. The summed E-state index contributed by atoms with van der Waals surface area (Å²) in [7, 11) is 0. The SMILES string of the molecule is CCC(=O)N1c2ccc(C)cc2-c2nnc(SCC(C)C)nc2O[C@H]1c1ccccc1Cl. The summed E-state index contributed by atoms with van der Waals surface area (Å²) in [6.45, 7) is 8.11. The Morgan fingerprint density at radius 2 is 2.00 bits per heavy atom. The summed E-state index contributed by atoms with van der Waals surface area (Å²) in [6.07, 6.45) is -0.471. The third-order valence-corrected chi connectivity index (χ3v) is 6.66. The molecule has 1 aromatic heterocycles. The fourth-order valence-corrected chi connectivity index (χ4v) is 4.46. The van der Waals surface area contributed by atoms with Crippen LogP contribution in [-0.4, -0.2) is 26.8 Å². The van der Waals surface area contributed by atoms with Gasteiger partial charge in [-0.2, -0.15) is 4.98 Å². The number of hydrogen-bond acceptors (Lipinski definition) is 6. The van der Waals surface area contributed by atoms with E-state index in [0.717, 1.165) is 16.9 Å². The molecule has 2 aromatic carbocycles. The van der Waals surface area contributed by atoms with Gasteiger partial charge in [0.2, 0.25) is 23.2 Å². The molecule has 0 N–H and O–H groups in total. The summed E-state index contributed by atoms with van der Waals surface area (Å²) in [5.41, 5.74) is 3.70. The first-order valence-electron chi connectivity index (χ1n) is 10.6. The zero-order valence-corrected chi connectivity index (χ0v) is 20.1. The summed E-state index contributed by atoms with van der Waals surface area (Å²) in [5, 5.41) is 9.87. The highest BCUT2D eigenvalue weighted by Gasteiger charge is 2.36. The van der Waals surface area contributed by atoms with Crippen LogP contribution in [0.1, 0.15) is 44.5 Å². The van der Waals surface area contributed by atoms with Gasteiger partial charge in [0, 0.05) is 28.3 Å². The maximum absolute atomic E-state index is 13.2. The normalized spacial score (nSPS) is 15.1. The number of benzene rings is 2. The van der Waals surface area contributed by atoms with Gasteiger partial charge < -0.3 is 4.74 Å². The first kappa shape index (κ1) is 22.6. The largest absolute Gasteiger partial charge is 0.447 e. The molecule has 2 heterocycles. The lowest BCUT2D eigenvalue weighted by Crippen LogP contribution is -2.37. The van der Waals surface area contributed by atoms with Gasteiger partial charge in [-0.1, -0.05) is 74.0 Å². The van der Waals surface area contributed by atoms with Gasteiger partial charge in [-0.3, -0.25) is 9.69 Å². The lowest BCUT2D eigenvalue weighted by Gasteiger charge is -2.31. The lowest BCUT2D eigenvalue weighted by atomic mass is 10.0. The molecule has 0 spiro atoms. The molecule has 0 unspecified atom stereocenters. The highest BCUT2D eigenvalue weighted by molar-refractivity contribution is 7.99. The number of aromatic nitrogens is 3. The summed E-state index contributed by atoms with van der Waals surface area (Å²) < 4.78 is 6.42. The van der Waals surface area contributed by atoms with Crippen LogP contribution in [0.5, 0.6) is 5.88 Å². The second-order valence-electron chi connectivity index (χ2n) is 8.08. The minimum atomic E-state index is -0.779. The molecule has 0 aliphatic carbocycles. The highest BCUT2D eigenvalue weighted by atomic mass is 35.5. The number of hydrogen-bond donors (Lipinski definition) is 0. The number of halogens is 1. The van der Waals surface area contributed by atoms with Crippen molar-refractivity contribution in [1.82, 2.24) is 15.2 Å². The van der Waals surface area contributed by atoms with E-state index < -0.39 is 6.23 Å². The van der Waals surface area contributed by atoms with E-state index in [-0.39, 0.29) is 5.91 Å². The van der Waals surface area contributed by atoms with E-state index >= 15 is 0 Å². The lowest BCUT2D eigenvalue weighted by molar-refractivity contribution is -0.120. The maximum atomic E-state index is 13.2. The fraction of sp³-hybridized carbons (Fsp3) is 0.333. The quantitative estimate of drug-likeness (QED) is 0.422. The number of carbonyl (C=O) groups excluding carboxylic acids is 1. The van der Waals surface area contributed by atoms with Gasteiger partial charge in [0.25, 0.3) is 0 Å². The van der Waals surface area contributed by atoms with Crippen LogP contribution in [0.25, 0.3) is 11.3 Å². The predicted octanol–water partition coefficient (Wildman–Crippen LogP) is 6.08. The summed E-state index contributed by atoms with van der Waals surface area (Å²) in [6, 6.07) is 13.3. The number of rotatable bonds is 5. The van der Waals surface area contributed by atoms with Crippen LogP contribution in [0.3, 0.4) is 0 Å². The van der Waals surface area contributed by atoms with Crippen LogP contribution in [0.2, 0.25) is 5.02 Å². The minimum Gasteiger partial charge on any atom is -0.447 e. The average molecular weight is 469 g/mol. The third-order valence-electron chi connectivity index (χ3n) is 5.05. The Morgan fingerprint density at radius 3 is 2.72 bits per heavy atom. The molecule has 0 radical (unpaired) electrons. The molecule has 0 saturated heterocycles. The van der Waals surface area contributed by atoms with Gasteiger partial charge in [0.1, 0.15) is 0 Å². The van der Waals surface area contributed by atoms with Crippen molar-refractivity contribution in [3.05, 3.63) is 58.6 Å². The first-order valence-corrected chi connectivity index (χ1v) is 12.0. The molecule has 0 fully saturated rings. The fourth-order valence-electron chi connectivity index (χ4n) is 3.50. The van der Waals surface area contributed by atoms with Gasteiger partial charge in [0.15, 0.2) is 5.69 Å². The molecule has 4 rings (SSSR count). The molecule has 0 bridgehead atoms. The van der Waals surface area contributed by atoms with E-state index in [1.165, 1.54) is 11.8 Å². The molecule has 1 amide bonds. The Labute approximate surface area is 197 Å². The molecule has 32 heavy (non-hydrogen) atoms. The monoisotopic (exact) mass is 468 g/mol. The average Bonchev–Trinajstić information content (AvgIpc) is 2.91. The van der Waals surface area contributed by atoms with Crippen LogP contribution in [-0.2, 0) is 4.79 Å². The Kier molecular flexibility index (Phi) is 6.67. The number of anilines is 1. The minimum absolute atomic E-state index is 0.0878. The molecule has 3 aromatic rings. The summed E-state index contributed by atoms with van der Waals surface area (Å²) in [5.74, 6) is 1.61. The molecule has 8 heteroatoms. The van der Waals surface area contributed by atoms with E-state index in [2.05, 4.69) is 29.0 Å². The Morgan fingerprint density at radius 1 is 1.22 bits per heavy atom. The Bertz CT molecular complexity index is 1150. The standard InChI is InChI=1S/C24H25ClN4O2S/c1-5-20(30)29-19-11-10-15(4)12-17(19)21-22(26-24(28-27-21)32-13-14(2)3)31-23(29)16-8-6-7-9-18(16)25/h6-12,14,23H,5,13H2,1-4H3/t23-/m0/s1. The summed E-state index contributed by atoms with van der Waals surface area (Å²) >= 11 is 8.08. The van der Waals surface area contributed by atoms with E-state index in [9.17, 15) is 4.79 Å². The number of fused-ring (bicyclic) bond motifs is 3. The predicted molar refractivity (Wildman–Crippen MR) is 128 cm³/mol. The van der Waals surface area contributed by atoms with Crippen molar-refractivity contribution in [2.45, 2.75) is 45.5 Å². The van der Waals surface area contributed by atoms with Gasteiger partial charge >= 0.3 is 0 Å². The smallest absolute Gasteiger partial charge is 0.247 e. The third kappa shape index (κ3) is 4.45. The van der Waals surface area contributed by atoms with E-state index in [1.54, 1.807) is 11.0 Å². The van der Waals surface area contributed by atoms with Crippen molar-refractivity contribution in [2.75, 3.05) is 10.7 Å². The molecule has 6 nitrogen and oxygen atoms in total. The summed E-state index contributed by atoms with van der Waals surface area (Å²) in [4.78, 5) is 19.5. The topological polar surface area (TPSA) is 68.2 Å². The molecule has 0 saturated carbocycles. The van der Waals surface area contributed by atoms with Crippen LogP contribution in [0, 0.1) is 12.8 Å². The van der Waals surface area contributed by atoms with Crippen molar-refractivity contribution < 1.29 is 9.53 Å². The number of nitrogens with zero attached hydrogens (tertiary/aromatic N) is 4. The molecular weight excluding hydrogens is 444 g/mol. The number of thioether (sulfide) groups is 1. The van der Waals surface area contributed by atoms with E-state index in [1.807, 2.05) is 50.2 Å². The number of carbonyl (C=O) groups is 1. The first-order chi connectivity index (χ1) is 15.4. The van der Waals surface area contributed by atoms with Gasteiger partial charge in [-0.15, -0.1) is 10.2 Å². The van der Waals surface area contributed by atoms with Crippen molar-refractivity contribution in [2.24, 2.45) is 5.92 Å².